The Morgan fingerprint density at radius 2 is 2.00 bits per heavy atom. The number of hydrogen-bond acceptors (Lipinski definition) is 3. The van der Waals surface area contributed by atoms with Crippen LogP contribution in [0.2, 0.25) is 0 Å². The highest BCUT2D eigenvalue weighted by molar-refractivity contribution is 9.10. The second-order valence-corrected chi connectivity index (χ2v) is 7.57. The van der Waals surface area contributed by atoms with Crippen molar-refractivity contribution in [1.29, 1.82) is 0 Å². The van der Waals surface area contributed by atoms with Gasteiger partial charge in [0, 0.05) is 31.7 Å². The number of hydrogen-bond donors (Lipinski definition) is 1. The van der Waals surface area contributed by atoms with E-state index in [2.05, 4.69) is 71.7 Å². The Morgan fingerprint density at radius 3 is 2.53 bits per heavy atom. The predicted octanol–water partition coefficient (Wildman–Crippen LogP) is 5.39. The van der Waals surface area contributed by atoms with Crippen molar-refractivity contribution < 1.29 is 0 Å². The Balaban J connectivity index is 1.94. The molecule has 1 atom stereocenters. The summed E-state index contributed by atoms with van der Waals surface area (Å²) in [6, 6.07) is 11.4. The molecular formula is C15H18BrNS2. The van der Waals surface area contributed by atoms with Crippen molar-refractivity contribution in [3.8, 4) is 0 Å². The van der Waals surface area contributed by atoms with Crippen LogP contribution in [0, 0.1) is 6.92 Å². The van der Waals surface area contributed by atoms with Crippen molar-refractivity contribution in [1.82, 2.24) is 5.32 Å². The van der Waals surface area contributed by atoms with Crippen molar-refractivity contribution in [2.45, 2.75) is 31.3 Å². The first kappa shape index (κ1) is 15.1. The number of thiophene rings is 1. The van der Waals surface area contributed by atoms with E-state index in [0.29, 0.717) is 6.04 Å². The minimum Gasteiger partial charge on any atom is -0.305 e. The van der Waals surface area contributed by atoms with Gasteiger partial charge in [-0.25, -0.2) is 0 Å². The molecule has 0 spiro atoms. The molecule has 2 rings (SSSR count). The fourth-order valence-electron chi connectivity index (χ4n) is 1.87. The van der Waals surface area contributed by atoms with Gasteiger partial charge in [0.15, 0.2) is 0 Å². The van der Waals surface area contributed by atoms with Gasteiger partial charge in [-0.2, -0.15) is 0 Å². The summed E-state index contributed by atoms with van der Waals surface area (Å²) in [4.78, 5) is 4.03. The minimum atomic E-state index is 0.372. The molecule has 102 valence electrons. The third kappa shape index (κ3) is 4.09. The van der Waals surface area contributed by atoms with E-state index in [1.807, 2.05) is 11.3 Å². The molecule has 0 amide bonds. The Hall–Kier alpha value is -0.290. The molecule has 2 aromatic rings. The summed E-state index contributed by atoms with van der Waals surface area (Å²) >= 11 is 7.19. The van der Waals surface area contributed by atoms with E-state index in [1.54, 1.807) is 11.8 Å². The fraction of sp³-hybridized carbons (Fsp3) is 0.333. The maximum Gasteiger partial charge on any atom is 0.0314 e. The van der Waals surface area contributed by atoms with Gasteiger partial charge in [-0.15, -0.1) is 23.1 Å². The zero-order valence-electron chi connectivity index (χ0n) is 11.4. The highest BCUT2D eigenvalue weighted by atomic mass is 79.9. The average molecular weight is 356 g/mol. The largest absolute Gasteiger partial charge is 0.305 e. The Labute approximate surface area is 131 Å². The van der Waals surface area contributed by atoms with Gasteiger partial charge in [-0.3, -0.25) is 0 Å². The van der Waals surface area contributed by atoms with E-state index in [4.69, 9.17) is 0 Å². The van der Waals surface area contributed by atoms with E-state index in [9.17, 15) is 0 Å². The number of aryl methyl sites for hydroxylation is 1. The van der Waals surface area contributed by atoms with Crippen LogP contribution in [-0.4, -0.2) is 6.26 Å². The lowest BCUT2D eigenvalue weighted by molar-refractivity contribution is 0.578. The van der Waals surface area contributed by atoms with Gasteiger partial charge in [0.25, 0.3) is 0 Å². The summed E-state index contributed by atoms with van der Waals surface area (Å²) in [5.74, 6) is 0. The Kier molecular flexibility index (Phi) is 5.51. The molecule has 0 bridgehead atoms. The molecule has 0 saturated carbocycles. The molecule has 1 aromatic heterocycles. The van der Waals surface area contributed by atoms with Gasteiger partial charge in [0.05, 0.1) is 0 Å². The van der Waals surface area contributed by atoms with Crippen molar-refractivity contribution in [3.63, 3.8) is 0 Å². The molecule has 0 aliphatic heterocycles. The third-order valence-electron chi connectivity index (χ3n) is 3.11. The first-order valence-electron chi connectivity index (χ1n) is 6.22. The topological polar surface area (TPSA) is 12.0 Å². The quantitative estimate of drug-likeness (QED) is 0.721. The average Bonchev–Trinajstić information content (AvgIpc) is 2.75. The van der Waals surface area contributed by atoms with Crippen LogP contribution < -0.4 is 5.32 Å². The van der Waals surface area contributed by atoms with Gasteiger partial charge < -0.3 is 5.32 Å². The number of rotatable bonds is 5. The molecule has 19 heavy (non-hydrogen) atoms. The molecular weight excluding hydrogens is 338 g/mol. The number of nitrogens with one attached hydrogen (secondary N) is 1. The Morgan fingerprint density at radius 1 is 1.32 bits per heavy atom. The summed E-state index contributed by atoms with van der Waals surface area (Å²) in [6.07, 6.45) is 2.10. The van der Waals surface area contributed by atoms with Crippen molar-refractivity contribution in [2.75, 3.05) is 6.26 Å². The van der Waals surface area contributed by atoms with Crippen molar-refractivity contribution in [3.05, 3.63) is 50.1 Å². The van der Waals surface area contributed by atoms with E-state index >= 15 is 0 Å². The maximum atomic E-state index is 3.58. The van der Waals surface area contributed by atoms with E-state index in [1.165, 1.54) is 24.7 Å². The molecule has 0 aliphatic rings. The first-order valence-corrected chi connectivity index (χ1v) is 9.05. The summed E-state index contributed by atoms with van der Waals surface area (Å²) < 4.78 is 1.21. The van der Waals surface area contributed by atoms with Crippen LogP contribution in [0.3, 0.4) is 0 Å². The molecule has 4 heteroatoms. The highest BCUT2D eigenvalue weighted by Crippen LogP contribution is 2.27. The normalized spacial score (nSPS) is 12.6. The molecule has 1 unspecified atom stereocenters. The van der Waals surface area contributed by atoms with Crippen LogP contribution >= 0.6 is 39.0 Å². The second kappa shape index (κ2) is 6.93. The molecule has 0 aliphatic carbocycles. The van der Waals surface area contributed by atoms with Crippen molar-refractivity contribution >= 4 is 39.0 Å². The highest BCUT2D eigenvalue weighted by Gasteiger charge is 2.07. The van der Waals surface area contributed by atoms with Crippen LogP contribution in [0.1, 0.15) is 28.3 Å². The second-order valence-electron chi connectivity index (χ2n) is 4.49. The lowest BCUT2D eigenvalue weighted by atomic mass is 10.1. The van der Waals surface area contributed by atoms with E-state index in [-0.39, 0.29) is 0 Å². The van der Waals surface area contributed by atoms with Gasteiger partial charge in [-0.05, 0) is 59.8 Å². The van der Waals surface area contributed by atoms with Crippen LogP contribution in [0.15, 0.2) is 39.7 Å². The van der Waals surface area contributed by atoms with Gasteiger partial charge in [-0.1, -0.05) is 12.1 Å². The standard InChI is InChI=1S/C15H18BrNS2/c1-10(12-4-6-13(18-3)7-5-12)17-9-14-8-15(16)11(2)19-14/h4-8,10,17H,9H2,1-3H3. The van der Waals surface area contributed by atoms with Crippen LogP contribution in [0.5, 0.6) is 0 Å². The van der Waals surface area contributed by atoms with Gasteiger partial charge >= 0.3 is 0 Å². The van der Waals surface area contributed by atoms with Crippen LogP contribution in [0.4, 0.5) is 0 Å². The SMILES string of the molecule is CSc1ccc(C(C)NCc2cc(Br)c(C)s2)cc1. The molecule has 0 fully saturated rings. The van der Waals surface area contributed by atoms with Crippen molar-refractivity contribution in [2.24, 2.45) is 0 Å². The zero-order valence-corrected chi connectivity index (χ0v) is 14.6. The summed E-state index contributed by atoms with van der Waals surface area (Å²) in [7, 11) is 0. The lowest BCUT2D eigenvalue weighted by Crippen LogP contribution is -2.17. The smallest absolute Gasteiger partial charge is 0.0314 e. The number of benzene rings is 1. The molecule has 1 heterocycles. The zero-order chi connectivity index (χ0) is 13.8. The molecule has 1 N–H and O–H groups in total. The predicted molar refractivity (Wildman–Crippen MR) is 90.2 cm³/mol. The summed E-state index contributed by atoms with van der Waals surface area (Å²) in [5.41, 5.74) is 1.34. The number of thioether (sulfide) groups is 1. The maximum absolute atomic E-state index is 3.58. The molecule has 1 nitrogen and oxygen atoms in total. The fourth-order valence-corrected chi connectivity index (χ4v) is 3.83. The molecule has 0 radical (unpaired) electrons. The number of halogens is 1. The van der Waals surface area contributed by atoms with E-state index in [0.717, 1.165) is 6.54 Å². The third-order valence-corrected chi connectivity index (χ3v) is 5.99. The minimum absolute atomic E-state index is 0.372. The van der Waals surface area contributed by atoms with Gasteiger partial charge in [0.2, 0.25) is 0 Å². The summed E-state index contributed by atoms with van der Waals surface area (Å²) in [5, 5.41) is 3.58. The van der Waals surface area contributed by atoms with Crippen LogP contribution in [-0.2, 0) is 6.54 Å². The molecule has 1 aromatic carbocycles. The van der Waals surface area contributed by atoms with Crippen LogP contribution in [0.25, 0.3) is 0 Å². The Bertz CT molecular complexity index is 514. The molecule has 0 saturated heterocycles. The summed E-state index contributed by atoms with van der Waals surface area (Å²) in [6.45, 7) is 5.27. The monoisotopic (exact) mass is 355 g/mol. The van der Waals surface area contributed by atoms with Gasteiger partial charge in [0.1, 0.15) is 0 Å². The van der Waals surface area contributed by atoms with E-state index < -0.39 is 0 Å². The lowest BCUT2D eigenvalue weighted by Gasteiger charge is -2.14. The first-order chi connectivity index (χ1) is 9.10.